The average Bonchev–Trinajstić information content (AvgIpc) is 3.49. The highest BCUT2D eigenvalue weighted by Gasteiger charge is 2.19. The van der Waals surface area contributed by atoms with E-state index in [4.69, 9.17) is 14.2 Å². The molecule has 1 atom stereocenters. The molecule has 0 rings (SSSR count). The van der Waals surface area contributed by atoms with Crippen LogP contribution in [0.25, 0.3) is 0 Å². The van der Waals surface area contributed by atoms with Crippen LogP contribution >= 0.6 is 0 Å². The lowest BCUT2D eigenvalue weighted by Crippen LogP contribution is -2.30. The minimum absolute atomic E-state index is 0.101. The summed E-state index contributed by atoms with van der Waals surface area (Å²) in [4.78, 5) is 38.5. The highest BCUT2D eigenvalue weighted by Crippen LogP contribution is 2.15. The van der Waals surface area contributed by atoms with Crippen LogP contribution in [0, 0.1) is 0 Å². The van der Waals surface area contributed by atoms with Crippen molar-refractivity contribution in [2.75, 3.05) is 13.2 Å². The fourth-order valence-electron chi connectivity index (χ4n) is 9.17. The molecule has 0 bridgehead atoms. The summed E-state index contributed by atoms with van der Waals surface area (Å²) in [6.45, 7) is 6.46. The van der Waals surface area contributed by atoms with Gasteiger partial charge in [0.05, 0.1) is 0 Å². The van der Waals surface area contributed by atoms with Crippen molar-refractivity contribution in [2.24, 2.45) is 0 Å². The van der Waals surface area contributed by atoms with Gasteiger partial charge in [-0.1, -0.05) is 282 Å². The summed E-state index contributed by atoms with van der Waals surface area (Å²) in [6, 6.07) is 0. The second-order valence-corrected chi connectivity index (χ2v) is 22.3. The Hall–Kier alpha value is -4.71. The van der Waals surface area contributed by atoms with Crippen molar-refractivity contribution in [1.82, 2.24) is 0 Å². The first kappa shape index (κ1) is 78.3. The van der Waals surface area contributed by atoms with E-state index in [1.165, 1.54) is 109 Å². The van der Waals surface area contributed by atoms with E-state index >= 15 is 0 Å². The maximum Gasteiger partial charge on any atom is 0.306 e. The highest BCUT2D eigenvalue weighted by molar-refractivity contribution is 5.71. The molecule has 0 aromatic heterocycles. The molecule has 0 aromatic rings. The molecule has 0 spiro atoms. The monoisotopic (exact) mass is 1150 g/mol. The zero-order valence-electron chi connectivity index (χ0n) is 53.9. The number of rotatable bonds is 61. The number of hydrogen-bond acceptors (Lipinski definition) is 6. The first-order valence-corrected chi connectivity index (χ1v) is 34.3. The molecule has 6 heteroatoms. The smallest absolute Gasteiger partial charge is 0.306 e. The van der Waals surface area contributed by atoms with Gasteiger partial charge in [0.2, 0.25) is 0 Å². The number of unbranched alkanes of at least 4 members (excludes halogenated alkanes) is 26. The first-order chi connectivity index (χ1) is 41.0. The standard InChI is InChI=1S/C77H126O6/c1-4-7-10-13-16-19-22-25-28-31-34-36-38-40-43-46-49-52-55-58-61-64-67-70-76(79)82-73-74(72-81-75(78)69-66-63-60-57-54-51-48-45-42-33-30-27-24-21-18-15-12-9-6-3)83-77(80)71-68-65-62-59-56-53-50-47-44-41-39-37-35-32-29-26-23-20-17-14-11-8-5-2/h7,10,16,18-19,21,23,25-28,30,32,34-36,39-43,45,49,52,74H,4-6,8-9,11-15,17,20,22,24,29,31,33,37-38,44,46-48,50-51,53-73H2,1-3H3/b10-7-,19-16-,21-18-,26-23-,28-25-,30-27-,35-32-,36-34-,41-39-,43-40-,45-42-,52-49-. The van der Waals surface area contributed by atoms with Gasteiger partial charge in [-0.15, -0.1) is 0 Å². The molecule has 470 valence electrons. The third-order valence-electron chi connectivity index (χ3n) is 14.3. The van der Waals surface area contributed by atoms with Gasteiger partial charge in [-0.25, -0.2) is 0 Å². The van der Waals surface area contributed by atoms with Crippen molar-refractivity contribution in [3.63, 3.8) is 0 Å². The van der Waals surface area contributed by atoms with Crippen LogP contribution < -0.4 is 0 Å². The van der Waals surface area contributed by atoms with Crippen LogP contribution in [0.4, 0.5) is 0 Å². The minimum Gasteiger partial charge on any atom is -0.462 e. The molecule has 1 unspecified atom stereocenters. The number of ether oxygens (including phenoxy) is 3. The topological polar surface area (TPSA) is 78.9 Å². The summed E-state index contributed by atoms with van der Waals surface area (Å²) in [6.07, 6.45) is 99.9. The van der Waals surface area contributed by atoms with E-state index in [2.05, 4.69) is 167 Å². The van der Waals surface area contributed by atoms with Gasteiger partial charge in [-0.3, -0.25) is 14.4 Å². The lowest BCUT2D eigenvalue weighted by molar-refractivity contribution is -0.167. The molecule has 0 aliphatic rings. The Morgan fingerprint density at radius 2 is 0.470 bits per heavy atom. The van der Waals surface area contributed by atoms with Gasteiger partial charge in [0.1, 0.15) is 13.2 Å². The molecular weight excluding hydrogens is 1020 g/mol. The summed E-state index contributed by atoms with van der Waals surface area (Å²) >= 11 is 0. The van der Waals surface area contributed by atoms with Crippen molar-refractivity contribution in [2.45, 2.75) is 309 Å². The fourth-order valence-corrected chi connectivity index (χ4v) is 9.17. The van der Waals surface area contributed by atoms with E-state index < -0.39 is 6.10 Å². The van der Waals surface area contributed by atoms with Crippen LogP contribution in [0.5, 0.6) is 0 Å². The van der Waals surface area contributed by atoms with E-state index in [9.17, 15) is 14.4 Å². The first-order valence-electron chi connectivity index (χ1n) is 34.3. The lowest BCUT2D eigenvalue weighted by Gasteiger charge is -2.18. The Bertz CT molecular complexity index is 1800. The second-order valence-electron chi connectivity index (χ2n) is 22.3. The van der Waals surface area contributed by atoms with Crippen molar-refractivity contribution in [3.8, 4) is 0 Å². The predicted octanol–water partition coefficient (Wildman–Crippen LogP) is 23.9. The summed E-state index contributed by atoms with van der Waals surface area (Å²) in [5.41, 5.74) is 0. The molecule has 0 saturated carbocycles. The highest BCUT2D eigenvalue weighted by atomic mass is 16.6. The van der Waals surface area contributed by atoms with Crippen LogP contribution in [0.2, 0.25) is 0 Å². The van der Waals surface area contributed by atoms with Crippen LogP contribution in [0.1, 0.15) is 303 Å². The molecule has 0 fully saturated rings. The SMILES string of the molecule is CC/C=C\C/C=C\C/C=C\C/C=C\C/C=C\C/C=C\CCCCCCC(=O)OCC(COC(=O)CCCCCCCC/C=C\C/C=C\C/C=C\CCCCC)OC(=O)CCCCCCCCCC/C=C\C/C=C\C/C=C\CCCCCCC. The van der Waals surface area contributed by atoms with Crippen LogP contribution in [0.3, 0.4) is 0 Å². The van der Waals surface area contributed by atoms with E-state index in [0.717, 1.165) is 154 Å². The lowest BCUT2D eigenvalue weighted by atomic mass is 10.1. The third-order valence-corrected chi connectivity index (χ3v) is 14.3. The summed E-state index contributed by atoms with van der Waals surface area (Å²) < 4.78 is 17.0. The molecule has 0 amide bonds. The van der Waals surface area contributed by atoms with Gasteiger partial charge in [0.15, 0.2) is 6.10 Å². The largest absolute Gasteiger partial charge is 0.462 e. The molecule has 0 heterocycles. The Labute approximate surface area is 512 Å². The molecular formula is C77H126O6. The van der Waals surface area contributed by atoms with Gasteiger partial charge in [-0.05, 0) is 148 Å². The zero-order valence-corrected chi connectivity index (χ0v) is 53.9. The Morgan fingerprint density at radius 3 is 0.759 bits per heavy atom. The van der Waals surface area contributed by atoms with Crippen molar-refractivity contribution >= 4 is 17.9 Å². The van der Waals surface area contributed by atoms with Gasteiger partial charge in [0.25, 0.3) is 0 Å². The summed E-state index contributed by atoms with van der Waals surface area (Å²) in [5, 5.41) is 0. The van der Waals surface area contributed by atoms with E-state index in [0.29, 0.717) is 19.3 Å². The normalized spacial score (nSPS) is 13.0. The van der Waals surface area contributed by atoms with Crippen LogP contribution in [-0.2, 0) is 28.6 Å². The quantitative estimate of drug-likeness (QED) is 0.0261. The average molecular weight is 1150 g/mol. The van der Waals surface area contributed by atoms with Gasteiger partial charge < -0.3 is 14.2 Å². The zero-order chi connectivity index (χ0) is 59.9. The number of hydrogen-bond donors (Lipinski definition) is 0. The molecule has 0 aliphatic carbocycles. The van der Waals surface area contributed by atoms with E-state index in [1.54, 1.807) is 0 Å². The molecule has 0 saturated heterocycles. The van der Waals surface area contributed by atoms with Crippen LogP contribution in [0.15, 0.2) is 146 Å². The van der Waals surface area contributed by atoms with Gasteiger partial charge in [-0.2, -0.15) is 0 Å². The molecule has 0 aromatic carbocycles. The Kier molecular flexibility index (Phi) is 65.8. The van der Waals surface area contributed by atoms with Gasteiger partial charge in [0, 0.05) is 19.3 Å². The van der Waals surface area contributed by atoms with Crippen molar-refractivity contribution < 1.29 is 28.6 Å². The Balaban J connectivity index is 4.50. The number of esters is 3. The van der Waals surface area contributed by atoms with E-state index in [1.807, 2.05) is 0 Å². The van der Waals surface area contributed by atoms with Crippen LogP contribution in [-0.4, -0.2) is 37.2 Å². The predicted molar refractivity (Wildman–Crippen MR) is 362 cm³/mol. The molecule has 83 heavy (non-hydrogen) atoms. The third kappa shape index (κ3) is 68.0. The summed E-state index contributed by atoms with van der Waals surface area (Å²) in [5.74, 6) is -0.941. The maximum absolute atomic E-state index is 13.0. The number of carbonyl (C=O) groups excluding carboxylic acids is 3. The Morgan fingerprint density at radius 1 is 0.253 bits per heavy atom. The number of allylic oxidation sites excluding steroid dienone is 24. The van der Waals surface area contributed by atoms with Crippen molar-refractivity contribution in [3.05, 3.63) is 146 Å². The number of carbonyl (C=O) groups is 3. The summed E-state index contributed by atoms with van der Waals surface area (Å²) in [7, 11) is 0. The second kappa shape index (κ2) is 69.8. The fraction of sp³-hybridized carbons (Fsp3) is 0.649. The minimum atomic E-state index is -0.808. The van der Waals surface area contributed by atoms with Crippen molar-refractivity contribution in [1.29, 1.82) is 0 Å². The molecule has 0 radical (unpaired) electrons. The molecule has 0 N–H and O–H groups in total. The van der Waals surface area contributed by atoms with Gasteiger partial charge >= 0.3 is 17.9 Å². The molecule has 0 aliphatic heterocycles. The van der Waals surface area contributed by atoms with E-state index in [-0.39, 0.29) is 31.1 Å². The molecule has 6 nitrogen and oxygen atoms in total. The maximum atomic E-state index is 13.0.